The van der Waals surface area contributed by atoms with Gasteiger partial charge in [0.15, 0.2) is 5.79 Å². The first-order chi connectivity index (χ1) is 8.03. The average molecular weight is 235 g/mol. The largest absolute Gasteiger partial charge is 0.347 e. The molecule has 1 aliphatic heterocycles. The molecule has 0 aromatic heterocycles. The smallest absolute Gasteiger partial charge is 0.174 e. The summed E-state index contributed by atoms with van der Waals surface area (Å²) in [7, 11) is 0. The van der Waals surface area contributed by atoms with Gasteiger partial charge in [-0.05, 0) is 18.8 Å². The van der Waals surface area contributed by atoms with Crippen molar-refractivity contribution in [2.75, 3.05) is 13.2 Å². The maximum atomic E-state index is 8.77. The van der Waals surface area contributed by atoms with Gasteiger partial charge >= 0.3 is 0 Å². The lowest BCUT2D eigenvalue weighted by molar-refractivity contribution is -0.253. The molecule has 1 saturated carbocycles. The van der Waals surface area contributed by atoms with Crippen LogP contribution in [0.25, 0.3) is 0 Å². The number of ether oxygens (including phenoxy) is 2. The third kappa shape index (κ3) is 1.90. The standard InChI is InChI=1S/C14H21NO2/c1-11-6-7-14(16-9-10-17-14)13(2,3)12(11)5-4-8-15/h12H,1,4-7,9-10H2,2-3H3/t12-/m1/s1. The fourth-order valence-corrected chi connectivity index (χ4v) is 3.34. The molecule has 3 heteroatoms. The van der Waals surface area contributed by atoms with Gasteiger partial charge in [0.1, 0.15) is 0 Å². The number of nitriles is 1. The highest BCUT2D eigenvalue weighted by Crippen LogP contribution is 2.54. The van der Waals surface area contributed by atoms with E-state index in [1.165, 1.54) is 5.57 Å². The van der Waals surface area contributed by atoms with Crippen LogP contribution in [-0.2, 0) is 9.47 Å². The summed E-state index contributed by atoms with van der Waals surface area (Å²) in [5, 5.41) is 8.77. The van der Waals surface area contributed by atoms with E-state index in [4.69, 9.17) is 14.7 Å². The first kappa shape index (κ1) is 12.6. The van der Waals surface area contributed by atoms with E-state index in [0.717, 1.165) is 19.3 Å². The number of nitrogens with zero attached hydrogens (tertiary/aromatic N) is 1. The minimum atomic E-state index is -0.450. The van der Waals surface area contributed by atoms with E-state index in [1.54, 1.807) is 0 Å². The second kappa shape index (κ2) is 4.44. The van der Waals surface area contributed by atoms with Gasteiger partial charge in [-0.2, -0.15) is 5.26 Å². The van der Waals surface area contributed by atoms with Crippen LogP contribution in [-0.4, -0.2) is 19.0 Å². The highest BCUT2D eigenvalue weighted by molar-refractivity contribution is 5.15. The van der Waals surface area contributed by atoms with Gasteiger partial charge in [-0.1, -0.05) is 26.0 Å². The van der Waals surface area contributed by atoms with E-state index in [9.17, 15) is 0 Å². The maximum absolute atomic E-state index is 8.77. The molecule has 0 aromatic rings. The molecule has 1 saturated heterocycles. The van der Waals surface area contributed by atoms with Crippen molar-refractivity contribution in [1.82, 2.24) is 0 Å². The zero-order chi connectivity index (χ0) is 12.5. The summed E-state index contributed by atoms with van der Waals surface area (Å²) >= 11 is 0. The molecule has 1 heterocycles. The van der Waals surface area contributed by atoms with Gasteiger partial charge in [-0.25, -0.2) is 0 Å². The van der Waals surface area contributed by atoms with Crippen LogP contribution in [0, 0.1) is 22.7 Å². The molecule has 0 unspecified atom stereocenters. The van der Waals surface area contributed by atoms with E-state index in [0.29, 0.717) is 25.6 Å². The Morgan fingerprint density at radius 3 is 2.65 bits per heavy atom. The molecule has 0 N–H and O–H groups in total. The van der Waals surface area contributed by atoms with Crippen molar-refractivity contribution in [3.8, 4) is 6.07 Å². The zero-order valence-electron chi connectivity index (χ0n) is 10.8. The first-order valence-electron chi connectivity index (χ1n) is 6.36. The summed E-state index contributed by atoms with van der Waals surface area (Å²) in [6, 6.07) is 2.23. The predicted octanol–water partition coefficient (Wildman–Crippen LogP) is 3.03. The van der Waals surface area contributed by atoms with Gasteiger partial charge in [0, 0.05) is 18.3 Å². The Labute approximate surface area is 103 Å². The topological polar surface area (TPSA) is 42.2 Å². The SMILES string of the molecule is C=C1CCC2(OCCO2)C(C)(C)[C@@H]1CCC#N. The monoisotopic (exact) mass is 235 g/mol. The normalized spacial score (nSPS) is 30.4. The van der Waals surface area contributed by atoms with Crippen molar-refractivity contribution in [2.45, 2.75) is 45.3 Å². The van der Waals surface area contributed by atoms with E-state index >= 15 is 0 Å². The molecular weight excluding hydrogens is 214 g/mol. The van der Waals surface area contributed by atoms with Crippen molar-refractivity contribution >= 4 is 0 Å². The third-order valence-electron chi connectivity index (χ3n) is 4.42. The molecule has 0 bridgehead atoms. The number of hydrogen-bond acceptors (Lipinski definition) is 3. The third-order valence-corrected chi connectivity index (χ3v) is 4.42. The quantitative estimate of drug-likeness (QED) is 0.691. The lowest BCUT2D eigenvalue weighted by atomic mass is 9.61. The Morgan fingerprint density at radius 2 is 2.06 bits per heavy atom. The molecule has 2 rings (SSSR count). The van der Waals surface area contributed by atoms with E-state index in [-0.39, 0.29) is 5.41 Å². The van der Waals surface area contributed by atoms with Crippen molar-refractivity contribution in [3.63, 3.8) is 0 Å². The van der Waals surface area contributed by atoms with Gasteiger partial charge in [-0.3, -0.25) is 0 Å². The molecule has 2 aliphatic rings. The Bertz CT molecular complexity index is 348. The minimum Gasteiger partial charge on any atom is -0.347 e. The molecular formula is C14H21NO2. The summed E-state index contributed by atoms with van der Waals surface area (Å²) in [5.74, 6) is -0.136. The predicted molar refractivity (Wildman–Crippen MR) is 65.1 cm³/mol. The Kier molecular flexibility index (Phi) is 3.29. The Balaban J connectivity index is 2.24. The molecule has 1 aliphatic carbocycles. The molecule has 1 atom stereocenters. The van der Waals surface area contributed by atoms with Gasteiger partial charge in [0.05, 0.1) is 19.3 Å². The van der Waals surface area contributed by atoms with Crippen LogP contribution in [0.3, 0.4) is 0 Å². The molecule has 3 nitrogen and oxygen atoms in total. The van der Waals surface area contributed by atoms with E-state index < -0.39 is 5.79 Å². The second-order valence-corrected chi connectivity index (χ2v) is 5.58. The molecule has 0 aromatic carbocycles. The summed E-state index contributed by atoms with van der Waals surface area (Å²) in [5.41, 5.74) is 1.14. The fraction of sp³-hybridized carbons (Fsp3) is 0.786. The molecule has 1 spiro atoms. The van der Waals surface area contributed by atoms with Crippen molar-refractivity contribution in [1.29, 1.82) is 5.26 Å². The number of hydrogen-bond donors (Lipinski definition) is 0. The van der Waals surface area contributed by atoms with E-state index in [2.05, 4.69) is 26.5 Å². The second-order valence-electron chi connectivity index (χ2n) is 5.58. The Morgan fingerprint density at radius 1 is 1.41 bits per heavy atom. The highest BCUT2D eigenvalue weighted by Gasteiger charge is 2.56. The van der Waals surface area contributed by atoms with Crippen LogP contribution < -0.4 is 0 Å². The van der Waals surface area contributed by atoms with Crippen LogP contribution in [0.2, 0.25) is 0 Å². The summed E-state index contributed by atoms with van der Waals surface area (Å²) in [6.07, 6.45) is 3.27. The van der Waals surface area contributed by atoms with Gasteiger partial charge in [-0.15, -0.1) is 0 Å². The van der Waals surface area contributed by atoms with Crippen molar-refractivity contribution < 1.29 is 9.47 Å². The fourth-order valence-electron chi connectivity index (χ4n) is 3.34. The average Bonchev–Trinajstić information content (AvgIpc) is 2.75. The summed E-state index contributed by atoms with van der Waals surface area (Å²) in [4.78, 5) is 0. The van der Waals surface area contributed by atoms with Crippen molar-refractivity contribution in [2.24, 2.45) is 11.3 Å². The lowest BCUT2D eigenvalue weighted by Crippen LogP contribution is -2.53. The van der Waals surface area contributed by atoms with Crippen LogP contribution in [0.4, 0.5) is 0 Å². The van der Waals surface area contributed by atoms with Crippen molar-refractivity contribution in [3.05, 3.63) is 12.2 Å². The molecule has 94 valence electrons. The van der Waals surface area contributed by atoms with E-state index in [1.807, 2.05) is 0 Å². The van der Waals surface area contributed by atoms with Crippen LogP contribution in [0.1, 0.15) is 39.5 Å². The molecule has 0 amide bonds. The number of rotatable bonds is 2. The maximum Gasteiger partial charge on any atom is 0.174 e. The van der Waals surface area contributed by atoms with Gasteiger partial charge in [0.25, 0.3) is 0 Å². The minimum absolute atomic E-state index is 0.102. The Hall–Kier alpha value is -0.850. The molecule has 2 fully saturated rings. The lowest BCUT2D eigenvalue weighted by Gasteiger charge is -2.51. The van der Waals surface area contributed by atoms with Gasteiger partial charge in [0.2, 0.25) is 0 Å². The zero-order valence-corrected chi connectivity index (χ0v) is 10.8. The van der Waals surface area contributed by atoms with Crippen LogP contribution in [0.5, 0.6) is 0 Å². The van der Waals surface area contributed by atoms with Crippen LogP contribution >= 0.6 is 0 Å². The van der Waals surface area contributed by atoms with Crippen LogP contribution in [0.15, 0.2) is 12.2 Å². The molecule has 17 heavy (non-hydrogen) atoms. The number of allylic oxidation sites excluding steroid dienone is 1. The highest BCUT2D eigenvalue weighted by atomic mass is 16.7. The van der Waals surface area contributed by atoms with Gasteiger partial charge < -0.3 is 9.47 Å². The molecule has 0 radical (unpaired) electrons. The summed E-state index contributed by atoms with van der Waals surface area (Å²) in [6.45, 7) is 9.91. The first-order valence-corrected chi connectivity index (χ1v) is 6.36. The summed E-state index contributed by atoms with van der Waals surface area (Å²) < 4.78 is 11.8.